The predicted octanol–water partition coefficient (Wildman–Crippen LogP) is 3.63. The van der Waals surface area contributed by atoms with Gasteiger partial charge in [-0.1, -0.05) is 30.3 Å². The first-order valence-corrected chi connectivity index (χ1v) is 10.2. The molecule has 3 aromatic rings. The summed E-state index contributed by atoms with van der Waals surface area (Å²) in [4.78, 5) is 36.3. The summed E-state index contributed by atoms with van der Waals surface area (Å²) in [5, 5.41) is 14.7. The lowest BCUT2D eigenvalue weighted by atomic mass is 10.0. The summed E-state index contributed by atoms with van der Waals surface area (Å²) in [6.07, 6.45) is 1.30. The van der Waals surface area contributed by atoms with E-state index in [1.807, 2.05) is 0 Å². The van der Waals surface area contributed by atoms with Gasteiger partial charge in [-0.25, -0.2) is 9.18 Å². The lowest BCUT2D eigenvalue weighted by Gasteiger charge is -2.11. The molecule has 0 bridgehead atoms. The maximum absolute atomic E-state index is 14.4. The van der Waals surface area contributed by atoms with Crippen LogP contribution < -0.4 is 20.9 Å². The quantitative estimate of drug-likeness (QED) is 0.390. The Morgan fingerprint density at radius 1 is 1.12 bits per heavy atom. The molecule has 3 N–H and O–H groups in total. The Bertz CT molecular complexity index is 1270. The number of urea groups is 1. The molecule has 1 aromatic heterocycles. The van der Waals surface area contributed by atoms with E-state index in [0.717, 1.165) is 0 Å². The summed E-state index contributed by atoms with van der Waals surface area (Å²) in [6, 6.07) is 10.8. The average molecular weight is 453 g/mol. The highest BCUT2D eigenvalue weighted by Crippen LogP contribution is 2.28. The van der Waals surface area contributed by atoms with Crippen LogP contribution in [0.1, 0.15) is 17.5 Å². The molecule has 0 aliphatic rings. The van der Waals surface area contributed by atoms with Crippen LogP contribution in [-0.2, 0) is 11.8 Å². The van der Waals surface area contributed by atoms with Gasteiger partial charge < -0.3 is 25.0 Å². The zero-order chi connectivity index (χ0) is 24.1. The van der Waals surface area contributed by atoms with Crippen LogP contribution in [-0.4, -0.2) is 28.2 Å². The number of carbonyl (C=O) groups is 2. The molecule has 1 heterocycles. The molecule has 0 saturated carbocycles. The minimum atomic E-state index is -0.752. The minimum absolute atomic E-state index is 0.0657. The van der Waals surface area contributed by atoms with E-state index in [1.54, 1.807) is 56.3 Å². The van der Waals surface area contributed by atoms with Crippen molar-refractivity contribution in [3.05, 3.63) is 76.0 Å². The van der Waals surface area contributed by atoms with Gasteiger partial charge in [0.05, 0.1) is 6.42 Å². The molecule has 172 valence electrons. The van der Waals surface area contributed by atoms with E-state index in [4.69, 9.17) is 4.74 Å². The first kappa shape index (κ1) is 23.5. The van der Waals surface area contributed by atoms with Crippen LogP contribution in [0.25, 0.3) is 11.1 Å². The number of benzene rings is 2. The predicted molar refractivity (Wildman–Crippen MR) is 122 cm³/mol. The number of anilines is 1. The normalized spacial score (nSPS) is 10.5. The summed E-state index contributed by atoms with van der Waals surface area (Å²) in [6.45, 7) is 3.20. The standard InChI is InChI=1S/C24H24FN3O5/c1-14-6-4-9-18(20(14)25)16-7-5-8-17(12-16)33-19(29)10-11-26-24(32)27-21-22(30)15(2)13-28(3)23(21)31/h4-9,12-13,30H,10-11H2,1-3H3,(H2,26,27,32). The molecule has 0 radical (unpaired) electrons. The Morgan fingerprint density at radius 2 is 1.85 bits per heavy atom. The lowest BCUT2D eigenvalue weighted by molar-refractivity contribution is -0.134. The molecule has 0 saturated heterocycles. The monoisotopic (exact) mass is 453 g/mol. The average Bonchev–Trinajstić information content (AvgIpc) is 2.77. The van der Waals surface area contributed by atoms with Crippen molar-refractivity contribution in [1.29, 1.82) is 0 Å². The highest BCUT2D eigenvalue weighted by Gasteiger charge is 2.15. The molecule has 33 heavy (non-hydrogen) atoms. The van der Waals surface area contributed by atoms with E-state index in [1.165, 1.54) is 17.8 Å². The van der Waals surface area contributed by atoms with Crippen LogP contribution in [0.15, 0.2) is 53.5 Å². The topological polar surface area (TPSA) is 110 Å². The van der Waals surface area contributed by atoms with Gasteiger partial charge in [0.25, 0.3) is 5.56 Å². The summed E-state index contributed by atoms with van der Waals surface area (Å²) >= 11 is 0. The summed E-state index contributed by atoms with van der Waals surface area (Å²) in [5.74, 6) is -1.02. The number of aromatic hydroxyl groups is 1. The van der Waals surface area contributed by atoms with E-state index in [-0.39, 0.29) is 36.0 Å². The summed E-state index contributed by atoms with van der Waals surface area (Å²) in [7, 11) is 1.50. The number of hydrogen-bond acceptors (Lipinski definition) is 5. The number of esters is 1. The molecule has 0 spiro atoms. The Morgan fingerprint density at radius 3 is 2.61 bits per heavy atom. The van der Waals surface area contributed by atoms with Gasteiger partial charge in [-0.05, 0) is 37.1 Å². The van der Waals surface area contributed by atoms with Crippen molar-refractivity contribution in [3.8, 4) is 22.6 Å². The second kappa shape index (κ2) is 9.99. The van der Waals surface area contributed by atoms with Gasteiger partial charge in [-0.15, -0.1) is 0 Å². The fourth-order valence-electron chi connectivity index (χ4n) is 3.21. The van der Waals surface area contributed by atoms with Crippen molar-refractivity contribution in [1.82, 2.24) is 9.88 Å². The molecule has 3 rings (SSSR count). The number of carbonyl (C=O) groups excluding carboxylic acids is 2. The van der Waals surface area contributed by atoms with E-state index in [2.05, 4.69) is 10.6 Å². The van der Waals surface area contributed by atoms with Crippen molar-refractivity contribution in [2.45, 2.75) is 20.3 Å². The molecule has 0 aliphatic carbocycles. The number of aryl methyl sites for hydroxylation is 3. The van der Waals surface area contributed by atoms with Crippen LogP contribution in [0.2, 0.25) is 0 Å². The molecule has 0 fully saturated rings. The highest BCUT2D eigenvalue weighted by molar-refractivity contribution is 5.91. The van der Waals surface area contributed by atoms with Crippen LogP contribution >= 0.6 is 0 Å². The fraction of sp³-hybridized carbons (Fsp3) is 0.208. The van der Waals surface area contributed by atoms with Crippen molar-refractivity contribution in [3.63, 3.8) is 0 Å². The Hall–Kier alpha value is -4.14. The van der Waals surface area contributed by atoms with Gasteiger partial charge in [0, 0.05) is 30.9 Å². The number of rotatable bonds is 6. The zero-order valence-corrected chi connectivity index (χ0v) is 18.4. The van der Waals surface area contributed by atoms with Crippen molar-refractivity contribution >= 4 is 17.7 Å². The molecule has 0 atom stereocenters. The van der Waals surface area contributed by atoms with Crippen molar-refractivity contribution in [2.75, 3.05) is 11.9 Å². The molecule has 9 heteroatoms. The third-order valence-corrected chi connectivity index (χ3v) is 4.95. The van der Waals surface area contributed by atoms with Crippen molar-refractivity contribution < 1.29 is 23.8 Å². The number of nitrogens with one attached hydrogen (secondary N) is 2. The third kappa shape index (κ3) is 5.57. The van der Waals surface area contributed by atoms with Crippen LogP contribution in [0.3, 0.4) is 0 Å². The number of aromatic nitrogens is 1. The lowest BCUT2D eigenvalue weighted by Crippen LogP contribution is -2.34. The number of ether oxygens (including phenoxy) is 1. The number of amides is 2. The minimum Gasteiger partial charge on any atom is -0.505 e. The first-order valence-electron chi connectivity index (χ1n) is 10.2. The second-order valence-corrected chi connectivity index (χ2v) is 7.52. The van der Waals surface area contributed by atoms with Crippen LogP contribution in [0.5, 0.6) is 11.5 Å². The van der Waals surface area contributed by atoms with E-state index < -0.39 is 17.6 Å². The van der Waals surface area contributed by atoms with Gasteiger partial charge >= 0.3 is 12.0 Å². The number of nitrogens with zero attached hydrogens (tertiary/aromatic N) is 1. The van der Waals surface area contributed by atoms with Gasteiger partial charge in [-0.2, -0.15) is 0 Å². The molecule has 0 aliphatic heterocycles. The molecule has 2 amide bonds. The van der Waals surface area contributed by atoms with Gasteiger partial charge in [0.15, 0.2) is 5.69 Å². The summed E-state index contributed by atoms with van der Waals surface area (Å²) in [5.41, 5.74) is 1.07. The molecule has 2 aromatic carbocycles. The zero-order valence-electron chi connectivity index (χ0n) is 18.4. The molecular weight excluding hydrogens is 429 g/mol. The smallest absolute Gasteiger partial charge is 0.319 e. The molecule has 8 nitrogen and oxygen atoms in total. The highest BCUT2D eigenvalue weighted by atomic mass is 19.1. The van der Waals surface area contributed by atoms with Gasteiger partial charge in [0.2, 0.25) is 0 Å². The first-order chi connectivity index (χ1) is 15.7. The Labute approximate surface area is 189 Å². The SMILES string of the molecule is Cc1cn(C)c(=O)c(NC(=O)NCCC(=O)Oc2cccc(-c3cccc(C)c3F)c2)c1O. The third-order valence-electron chi connectivity index (χ3n) is 4.95. The number of hydrogen-bond donors (Lipinski definition) is 3. The second-order valence-electron chi connectivity index (χ2n) is 7.52. The largest absolute Gasteiger partial charge is 0.505 e. The maximum Gasteiger partial charge on any atom is 0.319 e. The van der Waals surface area contributed by atoms with Crippen LogP contribution in [0, 0.1) is 19.7 Å². The number of pyridine rings is 1. The fourth-order valence-corrected chi connectivity index (χ4v) is 3.21. The van der Waals surface area contributed by atoms with E-state index >= 15 is 0 Å². The van der Waals surface area contributed by atoms with Gasteiger partial charge in [-0.3, -0.25) is 9.59 Å². The van der Waals surface area contributed by atoms with Crippen molar-refractivity contribution in [2.24, 2.45) is 7.05 Å². The Kier molecular flexibility index (Phi) is 7.12. The van der Waals surface area contributed by atoms with Crippen LogP contribution in [0.4, 0.5) is 14.9 Å². The van der Waals surface area contributed by atoms with E-state index in [9.17, 15) is 23.9 Å². The number of halogens is 1. The van der Waals surface area contributed by atoms with E-state index in [0.29, 0.717) is 22.3 Å². The molecule has 0 unspecified atom stereocenters. The maximum atomic E-state index is 14.4. The van der Waals surface area contributed by atoms with Gasteiger partial charge in [0.1, 0.15) is 17.3 Å². The Balaban J connectivity index is 1.56. The molecular formula is C24H24FN3O5. The summed E-state index contributed by atoms with van der Waals surface area (Å²) < 4.78 is 20.9.